The Hall–Kier alpha value is -2.96. The van der Waals surface area contributed by atoms with Crippen LogP contribution in [0, 0.1) is 5.41 Å². The Morgan fingerprint density at radius 2 is 1.88 bits per heavy atom. The zero-order valence-corrected chi connectivity index (χ0v) is 13.2. The number of amidine groups is 1. The number of aromatic nitrogens is 2. The van der Waals surface area contributed by atoms with Gasteiger partial charge in [-0.05, 0) is 43.5 Å². The molecule has 0 bridgehead atoms. The first kappa shape index (κ1) is 17.4. The number of aliphatic carboxylic acids is 1. The maximum absolute atomic E-state index is 10.4. The van der Waals surface area contributed by atoms with E-state index < -0.39 is 5.97 Å². The first-order valence-corrected chi connectivity index (χ1v) is 7.68. The first-order valence-electron chi connectivity index (χ1n) is 7.68. The molecule has 4 N–H and O–H groups in total. The largest absolute Gasteiger partial charge is 0.494 e. The van der Waals surface area contributed by atoms with E-state index in [1.807, 2.05) is 24.3 Å². The van der Waals surface area contributed by atoms with E-state index >= 15 is 0 Å². The van der Waals surface area contributed by atoms with E-state index in [4.69, 9.17) is 21.0 Å². The van der Waals surface area contributed by atoms with Crippen molar-refractivity contribution >= 4 is 11.8 Å². The minimum atomic E-state index is -0.758. The van der Waals surface area contributed by atoms with Crippen LogP contribution in [0.1, 0.15) is 31.4 Å². The van der Waals surface area contributed by atoms with Crippen LogP contribution in [0.2, 0.25) is 0 Å². The smallest absolute Gasteiger partial charge is 0.303 e. The number of carboxylic acids is 1. The highest BCUT2D eigenvalue weighted by Gasteiger charge is 2.03. The van der Waals surface area contributed by atoms with E-state index in [0.717, 1.165) is 24.2 Å². The number of hydrogen-bond acceptors (Lipinski definition) is 5. The van der Waals surface area contributed by atoms with Crippen molar-refractivity contribution in [2.75, 3.05) is 6.61 Å². The number of nitrogens with zero attached hydrogens (tertiary/aromatic N) is 2. The average Bonchev–Trinajstić information content (AvgIpc) is 2.58. The average molecular weight is 328 g/mol. The van der Waals surface area contributed by atoms with E-state index in [0.29, 0.717) is 24.4 Å². The van der Waals surface area contributed by atoms with Crippen molar-refractivity contribution in [1.29, 1.82) is 5.41 Å². The Kier molecular flexibility index (Phi) is 6.24. The lowest BCUT2D eigenvalue weighted by molar-refractivity contribution is -0.137. The summed E-state index contributed by atoms with van der Waals surface area (Å²) in [6.07, 6.45) is 5.59. The normalized spacial score (nSPS) is 10.3. The molecule has 0 saturated heterocycles. The molecular weight excluding hydrogens is 308 g/mol. The second kappa shape index (κ2) is 8.61. The number of benzene rings is 1. The molecule has 0 atom stereocenters. The summed E-state index contributed by atoms with van der Waals surface area (Å²) in [4.78, 5) is 18.7. The summed E-state index contributed by atoms with van der Waals surface area (Å²) in [6.45, 7) is 0.562. The molecule has 7 nitrogen and oxygen atoms in total. The summed E-state index contributed by atoms with van der Waals surface area (Å²) in [6, 6.07) is 7.48. The second-order valence-corrected chi connectivity index (χ2v) is 5.28. The fraction of sp³-hybridized carbons (Fsp3) is 0.294. The number of hydrogen-bond donors (Lipinski definition) is 3. The standard InChI is InChI=1S/C17H20N4O3/c18-17(19)15-11-20-14(10-21-15)12-5-7-13(8-6-12)24-9-3-1-2-4-16(22)23/h5-8,10-11H,1-4,9H2,(H3,18,19)(H,22,23). The van der Waals surface area contributed by atoms with Crippen LogP contribution in [-0.4, -0.2) is 33.5 Å². The van der Waals surface area contributed by atoms with Crippen LogP contribution in [0.4, 0.5) is 0 Å². The maximum Gasteiger partial charge on any atom is 0.303 e. The number of unbranched alkanes of at least 4 members (excludes halogenated alkanes) is 2. The molecule has 1 aromatic heterocycles. The van der Waals surface area contributed by atoms with Gasteiger partial charge in [-0.15, -0.1) is 0 Å². The van der Waals surface area contributed by atoms with Gasteiger partial charge in [0, 0.05) is 12.0 Å². The van der Waals surface area contributed by atoms with E-state index in [1.54, 1.807) is 6.20 Å². The molecule has 0 aliphatic carbocycles. The summed E-state index contributed by atoms with van der Waals surface area (Å²) < 4.78 is 5.63. The fourth-order valence-corrected chi connectivity index (χ4v) is 2.08. The zero-order chi connectivity index (χ0) is 17.4. The molecule has 126 valence electrons. The molecule has 0 radical (unpaired) electrons. The maximum atomic E-state index is 10.4. The van der Waals surface area contributed by atoms with E-state index in [9.17, 15) is 4.79 Å². The van der Waals surface area contributed by atoms with Gasteiger partial charge in [0.15, 0.2) is 0 Å². The van der Waals surface area contributed by atoms with Crippen LogP contribution in [0.5, 0.6) is 5.75 Å². The number of nitrogen functional groups attached to an aromatic ring is 1. The summed E-state index contributed by atoms with van der Waals surface area (Å²) in [7, 11) is 0. The van der Waals surface area contributed by atoms with Crippen LogP contribution >= 0.6 is 0 Å². The molecule has 0 saturated carbocycles. The monoisotopic (exact) mass is 328 g/mol. The molecule has 7 heteroatoms. The lowest BCUT2D eigenvalue weighted by Crippen LogP contribution is -2.13. The Morgan fingerprint density at radius 1 is 1.12 bits per heavy atom. The molecular formula is C17H20N4O3. The van der Waals surface area contributed by atoms with Crippen LogP contribution in [0.15, 0.2) is 36.7 Å². The minimum absolute atomic E-state index is 0.110. The summed E-state index contributed by atoms with van der Waals surface area (Å²) in [5.74, 6) is -0.114. The van der Waals surface area contributed by atoms with Crippen molar-refractivity contribution in [3.8, 4) is 17.0 Å². The third kappa shape index (κ3) is 5.35. The molecule has 0 spiro atoms. The third-order valence-electron chi connectivity index (χ3n) is 3.38. The molecule has 0 amide bonds. The summed E-state index contributed by atoms with van der Waals surface area (Å²) >= 11 is 0. The van der Waals surface area contributed by atoms with Crippen molar-refractivity contribution in [2.45, 2.75) is 25.7 Å². The van der Waals surface area contributed by atoms with Gasteiger partial charge in [-0.1, -0.05) is 0 Å². The third-order valence-corrected chi connectivity index (χ3v) is 3.38. The topological polar surface area (TPSA) is 122 Å². The van der Waals surface area contributed by atoms with Gasteiger partial charge in [0.05, 0.1) is 24.7 Å². The molecule has 1 heterocycles. The van der Waals surface area contributed by atoms with Gasteiger partial charge in [0.2, 0.25) is 0 Å². The van der Waals surface area contributed by atoms with E-state index in [2.05, 4.69) is 9.97 Å². The number of nitrogens with one attached hydrogen (secondary N) is 1. The fourth-order valence-electron chi connectivity index (χ4n) is 2.08. The lowest BCUT2D eigenvalue weighted by atomic mass is 10.1. The van der Waals surface area contributed by atoms with Gasteiger partial charge < -0.3 is 15.6 Å². The Labute approximate surface area is 140 Å². The number of carbonyl (C=O) groups is 1. The SMILES string of the molecule is N=C(N)c1cnc(-c2ccc(OCCCCCC(=O)O)cc2)cn1. The molecule has 2 rings (SSSR count). The Balaban J connectivity index is 1.82. The Bertz CT molecular complexity index is 684. The quantitative estimate of drug-likeness (QED) is 0.369. The molecule has 0 fully saturated rings. The van der Waals surface area contributed by atoms with Crippen LogP contribution in [0.3, 0.4) is 0 Å². The zero-order valence-electron chi connectivity index (χ0n) is 13.2. The highest BCUT2D eigenvalue weighted by molar-refractivity contribution is 5.92. The highest BCUT2D eigenvalue weighted by Crippen LogP contribution is 2.20. The second-order valence-electron chi connectivity index (χ2n) is 5.28. The van der Waals surface area contributed by atoms with Crippen LogP contribution < -0.4 is 10.5 Å². The van der Waals surface area contributed by atoms with Gasteiger partial charge in [-0.25, -0.2) is 4.98 Å². The minimum Gasteiger partial charge on any atom is -0.494 e. The molecule has 0 aliphatic heterocycles. The molecule has 2 aromatic rings. The van der Waals surface area contributed by atoms with Crippen molar-refractivity contribution in [1.82, 2.24) is 9.97 Å². The van der Waals surface area contributed by atoms with E-state index in [-0.39, 0.29) is 12.3 Å². The van der Waals surface area contributed by atoms with Crippen LogP contribution in [-0.2, 0) is 4.79 Å². The first-order chi connectivity index (χ1) is 11.6. The highest BCUT2D eigenvalue weighted by atomic mass is 16.5. The lowest BCUT2D eigenvalue weighted by Gasteiger charge is -2.07. The van der Waals surface area contributed by atoms with Crippen molar-refractivity contribution < 1.29 is 14.6 Å². The van der Waals surface area contributed by atoms with Crippen molar-refractivity contribution in [2.24, 2.45) is 5.73 Å². The van der Waals surface area contributed by atoms with Crippen molar-refractivity contribution in [3.63, 3.8) is 0 Å². The Morgan fingerprint density at radius 3 is 2.46 bits per heavy atom. The number of carboxylic acid groups (broad SMARTS) is 1. The van der Waals surface area contributed by atoms with Gasteiger partial charge in [0.1, 0.15) is 17.3 Å². The predicted octanol–water partition coefficient (Wildman–Crippen LogP) is 2.45. The molecule has 0 unspecified atom stereocenters. The number of ether oxygens (including phenoxy) is 1. The van der Waals surface area contributed by atoms with Gasteiger partial charge in [-0.2, -0.15) is 0 Å². The van der Waals surface area contributed by atoms with E-state index in [1.165, 1.54) is 6.20 Å². The molecule has 24 heavy (non-hydrogen) atoms. The van der Waals surface area contributed by atoms with Crippen LogP contribution in [0.25, 0.3) is 11.3 Å². The van der Waals surface area contributed by atoms with Gasteiger partial charge >= 0.3 is 5.97 Å². The molecule has 0 aliphatic rings. The number of nitrogens with two attached hydrogens (primary N) is 1. The van der Waals surface area contributed by atoms with Crippen molar-refractivity contribution in [3.05, 3.63) is 42.4 Å². The number of rotatable bonds is 9. The predicted molar refractivity (Wildman–Crippen MR) is 90.1 cm³/mol. The summed E-state index contributed by atoms with van der Waals surface area (Å²) in [5, 5.41) is 15.8. The molecule has 1 aromatic carbocycles. The van der Waals surface area contributed by atoms with Gasteiger partial charge in [0.25, 0.3) is 0 Å². The summed E-state index contributed by atoms with van der Waals surface area (Å²) in [5.41, 5.74) is 7.29. The van der Waals surface area contributed by atoms with Gasteiger partial charge in [-0.3, -0.25) is 15.2 Å².